The van der Waals surface area contributed by atoms with Crippen LogP contribution in [0.3, 0.4) is 0 Å². The van der Waals surface area contributed by atoms with E-state index in [0.717, 1.165) is 0 Å². The molecular weight excluding hydrogens is 298 g/mol. The summed E-state index contributed by atoms with van der Waals surface area (Å²) in [5.41, 5.74) is 0.664. The molecule has 1 aromatic heterocycles. The summed E-state index contributed by atoms with van der Waals surface area (Å²) in [4.78, 5) is 33.5. The molecular formula is C16H15N3O4. The molecule has 2 aromatic rings. The van der Waals surface area contributed by atoms with Crippen LogP contribution in [0.1, 0.15) is 18.8 Å². The summed E-state index contributed by atoms with van der Waals surface area (Å²) in [5, 5.41) is 0. The maximum absolute atomic E-state index is 12.4. The van der Waals surface area contributed by atoms with Crippen molar-refractivity contribution >= 4 is 17.6 Å². The summed E-state index contributed by atoms with van der Waals surface area (Å²) in [6, 6.07) is 8.17. The minimum atomic E-state index is -0.906. The van der Waals surface area contributed by atoms with Gasteiger partial charge in [0, 0.05) is 25.0 Å². The standard InChI is InChI=1S/C16H15N3O4/c1-10(20)23-14-13(15-17-8-3-9-18-15)19(16(14)21)11-4-6-12(22-2)7-5-11/h3-9,13-14H,1-2H3. The van der Waals surface area contributed by atoms with Crippen molar-refractivity contribution in [1.29, 1.82) is 0 Å². The number of benzene rings is 1. The molecule has 1 aliphatic rings. The maximum Gasteiger partial charge on any atom is 0.303 e. The van der Waals surface area contributed by atoms with Crippen LogP contribution in [0.25, 0.3) is 0 Å². The van der Waals surface area contributed by atoms with Gasteiger partial charge in [0.1, 0.15) is 11.8 Å². The lowest BCUT2D eigenvalue weighted by atomic mass is 9.95. The predicted octanol–water partition coefficient (Wildman–Crippen LogP) is 1.50. The van der Waals surface area contributed by atoms with Crippen LogP contribution in [0.5, 0.6) is 5.75 Å². The van der Waals surface area contributed by atoms with Crippen molar-refractivity contribution in [2.75, 3.05) is 12.0 Å². The number of hydrogen-bond acceptors (Lipinski definition) is 6. The molecule has 0 aliphatic carbocycles. The van der Waals surface area contributed by atoms with Gasteiger partial charge in [-0.2, -0.15) is 0 Å². The van der Waals surface area contributed by atoms with Crippen LogP contribution in [0, 0.1) is 0 Å². The Morgan fingerprint density at radius 2 is 1.83 bits per heavy atom. The molecule has 2 heterocycles. The average Bonchev–Trinajstić information content (AvgIpc) is 2.58. The first kappa shape index (κ1) is 15.0. The number of carbonyl (C=O) groups excluding carboxylic acids is 2. The Balaban J connectivity index is 1.94. The molecule has 7 heteroatoms. The van der Waals surface area contributed by atoms with E-state index < -0.39 is 18.1 Å². The molecule has 2 atom stereocenters. The number of β-lactam (4-membered cyclic amide) rings is 1. The van der Waals surface area contributed by atoms with Crippen LogP contribution in [0.4, 0.5) is 5.69 Å². The Labute approximate surface area is 132 Å². The zero-order chi connectivity index (χ0) is 16.4. The lowest BCUT2D eigenvalue weighted by molar-refractivity contribution is -0.161. The second-order valence-corrected chi connectivity index (χ2v) is 4.99. The van der Waals surface area contributed by atoms with Crippen molar-refractivity contribution < 1.29 is 19.1 Å². The number of amides is 1. The molecule has 0 saturated carbocycles. The zero-order valence-corrected chi connectivity index (χ0v) is 12.7. The van der Waals surface area contributed by atoms with Crippen LogP contribution >= 0.6 is 0 Å². The number of nitrogens with zero attached hydrogens (tertiary/aromatic N) is 3. The van der Waals surface area contributed by atoms with Crippen molar-refractivity contribution in [2.45, 2.75) is 19.1 Å². The monoisotopic (exact) mass is 313 g/mol. The van der Waals surface area contributed by atoms with Gasteiger partial charge >= 0.3 is 5.97 Å². The number of anilines is 1. The van der Waals surface area contributed by atoms with E-state index in [9.17, 15) is 9.59 Å². The molecule has 1 fully saturated rings. The van der Waals surface area contributed by atoms with Gasteiger partial charge in [0.15, 0.2) is 5.82 Å². The fraction of sp³-hybridized carbons (Fsp3) is 0.250. The zero-order valence-electron chi connectivity index (χ0n) is 12.7. The number of hydrogen-bond donors (Lipinski definition) is 0. The smallest absolute Gasteiger partial charge is 0.303 e. The Kier molecular flexibility index (Phi) is 3.92. The van der Waals surface area contributed by atoms with Gasteiger partial charge in [0.25, 0.3) is 5.91 Å². The Hall–Kier alpha value is -2.96. The fourth-order valence-electron chi connectivity index (χ4n) is 2.50. The predicted molar refractivity (Wildman–Crippen MR) is 80.8 cm³/mol. The summed E-state index contributed by atoms with van der Waals surface area (Å²) in [6.07, 6.45) is 2.27. The molecule has 0 spiro atoms. The molecule has 1 saturated heterocycles. The summed E-state index contributed by atoms with van der Waals surface area (Å²) < 4.78 is 10.2. The van der Waals surface area contributed by atoms with E-state index in [-0.39, 0.29) is 5.91 Å². The number of carbonyl (C=O) groups is 2. The van der Waals surface area contributed by atoms with E-state index in [1.54, 1.807) is 49.8 Å². The van der Waals surface area contributed by atoms with Gasteiger partial charge in [0.05, 0.1) is 7.11 Å². The molecule has 118 valence electrons. The fourth-order valence-corrected chi connectivity index (χ4v) is 2.50. The molecule has 0 radical (unpaired) electrons. The molecule has 2 unspecified atom stereocenters. The van der Waals surface area contributed by atoms with Gasteiger partial charge in [-0.05, 0) is 30.3 Å². The molecule has 3 rings (SSSR count). The highest BCUT2D eigenvalue weighted by atomic mass is 16.6. The maximum atomic E-state index is 12.4. The van der Waals surface area contributed by atoms with Crippen molar-refractivity contribution in [3.05, 3.63) is 48.5 Å². The van der Waals surface area contributed by atoms with Gasteiger partial charge < -0.3 is 9.47 Å². The summed E-state index contributed by atoms with van der Waals surface area (Å²) in [6.45, 7) is 1.27. The van der Waals surface area contributed by atoms with Crippen LogP contribution in [-0.4, -0.2) is 35.1 Å². The lowest BCUT2D eigenvalue weighted by Gasteiger charge is -2.44. The Bertz CT molecular complexity index is 718. The van der Waals surface area contributed by atoms with E-state index in [1.165, 1.54) is 11.8 Å². The third-order valence-corrected chi connectivity index (χ3v) is 3.54. The quantitative estimate of drug-likeness (QED) is 0.628. The first-order chi connectivity index (χ1) is 11.1. The number of esters is 1. The summed E-state index contributed by atoms with van der Waals surface area (Å²) in [5.74, 6) is 0.293. The SMILES string of the molecule is COc1ccc(N2C(=O)C(OC(C)=O)C2c2ncccn2)cc1. The number of rotatable bonds is 4. The first-order valence-corrected chi connectivity index (χ1v) is 7.03. The van der Waals surface area contributed by atoms with Crippen LogP contribution < -0.4 is 9.64 Å². The summed E-state index contributed by atoms with van der Waals surface area (Å²) >= 11 is 0. The van der Waals surface area contributed by atoms with Crippen molar-refractivity contribution in [3.8, 4) is 5.75 Å². The van der Waals surface area contributed by atoms with Gasteiger partial charge in [-0.3, -0.25) is 14.5 Å². The van der Waals surface area contributed by atoms with Crippen LogP contribution in [0.2, 0.25) is 0 Å². The Morgan fingerprint density at radius 1 is 1.17 bits per heavy atom. The largest absolute Gasteiger partial charge is 0.497 e. The molecule has 1 aliphatic heterocycles. The normalized spacial score (nSPS) is 19.9. The third kappa shape index (κ3) is 2.73. The minimum Gasteiger partial charge on any atom is -0.497 e. The van der Waals surface area contributed by atoms with Gasteiger partial charge in [-0.15, -0.1) is 0 Å². The highest BCUT2D eigenvalue weighted by Crippen LogP contribution is 2.39. The van der Waals surface area contributed by atoms with E-state index >= 15 is 0 Å². The van der Waals surface area contributed by atoms with E-state index in [0.29, 0.717) is 17.3 Å². The second-order valence-electron chi connectivity index (χ2n) is 4.99. The molecule has 23 heavy (non-hydrogen) atoms. The number of ether oxygens (including phenoxy) is 2. The topological polar surface area (TPSA) is 81.6 Å². The van der Waals surface area contributed by atoms with Crippen LogP contribution in [0.15, 0.2) is 42.7 Å². The first-order valence-electron chi connectivity index (χ1n) is 7.03. The Morgan fingerprint density at radius 3 is 2.39 bits per heavy atom. The van der Waals surface area contributed by atoms with Crippen molar-refractivity contribution in [2.24, 2.45) is 0 Å². The van der Waals surface area contributed by atoms with Gasteiger partial charge in [0.2, 0.25) is 6.10 Å². The number of methoxy groups -OCH3 is 1. The van der Waals surface area contributed by atoms with E-state index in [2.05, 4.69) is 9.97 Å². The lowest BCUT2D eigenvalue weighted by Crippen LogP contribution is -2.61. The molecule has 0 bridgehead atoms. The van der Waals surface area contributed by atoms with Crippen molar-refractivity contribution in [3.63, 3.8) is 0 Å². The second kappa shape index (κ2) is 6.04. The van der Waals surface area contributed by atoms with Crippen LogP contribution in [-0.2, 0) is 14.3 Å². The van der Waals surface area contributed by atoms with Crippen molar-refractivity contribution in [1.82, 2.24) is 9.97 Å². The minimum absolute atomic E-state index is 0.303. The average molecular weight is 313 g/mol. The number of aromatic nitrogens is 2. The summed E-state index contributed by atoms with van der Waals surface area (Å²) in [7, 11) is 1.57. The molecule has 1 aromatic carbocycles. The van der Waals surface area contributed by atoms with Gasteiger partial charge in [-0.1, -0.05) is 0 Å². The molecule has 1 amide bonds. The highest BCUT2D eigenvalue weighted by Gasteiger charge is 2.53. The van der Waals surface area contributed by atoms with Gasteiger partial charge in [-0.25, -0.2) is 9.97 Å². The highest BCUT2D eigenvalue weighted by molar-refractivity contribution is 6.05. The molecule has 7 nitrogen and oxygen atoms in total. The third-order valence-electron chi connectivity index (χ3n) is 3.54. The molecule has 0 N–H and O–H groups in total. The van der Waals surface area contributed by atoms with E-state index in [4.69, 9.17) is 9.47 Å². The van der Waals surface area contributed by atoms with E-state index in [1.807, 2.05) is 0 Å².